The van der Waals surface area contributed by atoms with Crippen LogP contribution in [-0.2, 0) is 0 Å². The van der Waals surface area contributed by atoms with Gasteiger partial charge in [0.25, 0.3) is 5.89 Å². The van der Waals surface area contributed by atoms with Crippen LogP contribution in [0.15, 0.2) is 47.0 Å². The van der Waals surface area contributed by atoms with Crippen molar-refractivity contribution in [1.82, 2.24) is 10.1 Å². The first-order chi connectivity index (χ1) is 10.2. The molecule has 0 radical (unpaired) electrons. The number of nitrogens with zero attached hydrogens (tertiary/aromatic N) is 2. The zero-order valence-electron chi connectivity index (χ0n) is 11.2. The molecule has 0 aliphatic carbocycles. The van der Waals surface area contributed by atoms with Gasteiger partial charge in [-0.25, -0.2) is 4.39 Å². The molecule has 0 amide bonds. The van der Waals surface area contributed by atoms with Crippen LogP contribution in [0.5, 0.6) is 5.75 Å². The molecular weight excluding hydrogens is 273 g/mol. The molecule has 0 bridgehead atoms. The molecule has 0 saturated heterocycles. The lowest BCUT2D eigenvalue weighted by Gasteiger charge is -1.99. The zero-order chi connectivity index (χ0) is 14.8. The summed E-state index contributed by atoms with van der Waals surface area (Å²) >= 11 is 0. The van der Waals surface area contributed by atoms with Gasteiger partial charge in [0.05, 0.1) is 12.8 Å². The Morgan fingerprint density at radius 2 is 1.81 bits per heavy atom. The maximum Gasteiger partial charge on any atom is 0.258 e. The van der Waals surface area contributed by atoms with Crippen molar-refractivity contribution >= 4 is 5.69 Å². The monoisotopic (exact) mass is 285 g/mol. The van der Waals surface area contributed by atoms with E-state index in [0.29, 0.717) is 11.4 Å². The van der Waals surface area contributed by atoms with Gasteiger partial charge in [0.15, 0.2) is 0 Å². The average Bonchev–Trinajstić information content (AvgIpc) is 3.00. The molecule has 2 aromatic carbocycles. The van der Waals surface area contributed by atoms with Gasteiger partial charge in [0.2, 0.25) is 5.82 Å². The summed E-state index contributed by atoms with van der Waals surface area (Å²) in [6.07, 6.45) is 0. The zero-order valence-corrected chi connectivity index (χ0v) is 11.2. The molecule has 1 heterocycles. The van der Waals surface area contributed by atoms with Crippen molar-refractivity contribution in [2.24, 2.45) is 0 Å². The Bertz CT molecular complexity index is 769. The Morgan fingerprint density at radius 3 is 2.48 bits per heavy atom. The van der Waals surface area contributed by atoms with Gasteiger partial charge in [-0.2, -0.15) is 4.98 Å². The number of rotatable bonds is 3. The molecule has 0 aliphatic heterocycles. The fraction of sp³-hybridized carbons (Fsp3) is 0.0667. The lowest BCUT2D eigenvalue weighted by atomic mass is 10.2. The molecular formula is C15H12FN3O2. The number of ether oxygens (including phenoxy) is 1. The predicted molar refractivity (Wildman–Crippen MR) is 76.1 cm³/mol. The second-order valence-corrected chi connectivity index (χ2v) is 4.39. The average molecular weight is 285 g/mol. The minimum absolute atomic E-state index is 0.0774. The first kappa shape index (κ1) is 13.1. The lowest BCUT2D eigenvalue weighted by molar-refractivity contribution is 0.415. The molecule has 1 aromatic heterocycles. The maximum absolute atomic E-state index is 13.4. The second-order valence-electron chi connectivity index (χ2n) is 4.39. The van der Waals surface area contributed by atoms with E-state index < -0.39 is 5.82 Å². The van der Waals surface area contributed by atoms with Gasteiger partial charge >= 0.3 is 0 Å². The first-order valence-electron chi connectivity index (χ1n) is 6.21. The van der Waals surface area contributed by atoms with Gasteiger partial charge < -0.3 is 15.0 Å². The van der Waals surface area contributed by atoms with E-state index in [0.717, 1.165) is 11.3 Å². The van der Waals surface area contributed by atoms with Crippen LogP contribution in [0.4, 0.5) is 10.1 Å². The van der Waals surface area contributed by atoms with E-state index in [9.17, 15) is 4.39 Å². The Labute approximate surface area is 120 Å². The van der Waals surface area contributed by atoms with Crippen LogP contribution >= 0.6 is 0 Å². The summed E-state index contributed by atoms with van der Waals surface area (Å²) in [4.78, 5) is 4.25. The molecule has 0 aliphatic rings. The molecule has 2 N–H and O–H groups in total. The third kappa shape index (κ3) is 2.55. The highest BCUT2D eigenvalue weighted by Crippen LogP contribution is 2.25. The van der Waals surface area contributed by atoms with Crippen molar-refractivity contribution in [3.8, 4) is 28.6 Å². The highest BCUT2D eigenvalue weighted by molar-refractivity contribution is 5.62. The van der Waals surface area contributed by atoms with Crippen molar-refractivity contribution in [2.45, 2.75) is 0 Å². The van der Waals surface area contributed by atoms with Crippen LogP contribution in [0.2, 0.25) is 0 Å². The lowest BCUT2D eigenvalue weighted by Crippen LogP contribution is -1.90. The molecule has 3 aromatic rings. The van der Waals surface area contributed by atoms with Gasteiger partial charge in [-0.3, -0.25) is 0 Å². The predicted octanol–water partition coefficient (Wildman–Crippen LogP) is 3.13. The number of halogens is 1. The molecule has 106 valence electrons. The van der Waals surface area contributed by atoms with E-state index in [1.54, 1.807) is 25.3 Å². The van der Waals surface area contributed by atoms with Crippen LogP contribution in [0, 0.1) is 5.82 Å². The highest BCUT2D eigenvalue weighted by Gasteiger charge is 2.12. The molecule has 3 rings (SSSR count). The number of aromatic nitrogens is 2. The minimum atomic E-state index is -0.517. The van der Waals surface area contributed by atoms with Crippen LogP contribution in [-0.4, -0.2) is 17.3 Å². The molecule has 6 heteroatoms. The summed E-state index contributed by atoms with van der Waals surface area (Å²) in [5, 5.41) is 3.89. The normalized spacial score (nSPS) is 10.6. The largest absolute Gasteiger partial charge is 0.497 e. The second kappa shape index (κ2) is 5.24. The molecule has 0 saturated carbocycles. The van der Waals surface area contributed by atoms with Crippen molar-refractivity contribution in [3.63, 3.8) is 0 Å². The number of nitrogen functional groups attached to an aromatic ring is 1. The number of hydrogen-bond donors (Lipinski definition) is 1. The van der Waals surface area contributed by atoms with E-state index in [1.165, 1.54) is 12.1 Å². The Kier molecular flexibility index (Phi) is 3.27. The maximum atomic E-state index is 13.4. The third-order valence-electron chi connectivity index (χ3n) is 3.02. The van der Waals surface area contributed by atoms with E-state index in [1.807, 2.05) is 12.1 Å². The molecule has 0 unspecified atom stereocenters. The van der Waals surface area contributed by atoms with Crippen LogP contribution in [0.3, 0.4) is 0 Å². The van der Waals surface area contributed by atoms with Gasteiger partial charge in [-0.1, -0.05) is 5.16 Å². The Balaban J connectivity index is 1.93. The summed E-state index contributed by atoms with van der Waals surface area (Å²) in [5.41, 5.74) is 6.77. The smallest absolute Gasteiger partial charge is 0.258 e. The number of nitrogens with two attached hydrogens (primary N) is 1. The molecule has 21 heavy (non-hydrogen) atoms. The highest BCUT2D eigenvalue weighted by atomic mass is 19.1. The molecule has 0 fully saturated rings. The Morgan fingerprint density at radius 1 is 1.10 bits per heavy atom. The van der Waals surface area contributed by atoms with E-state index in [-0.39, 0.29) is 11.6 Å². The summed E-state index contributed by atoms with van der Waals surface area (Å²) in [6.45, 7) is 0. The van der Waals surface area contributed by atoms with Crippen molar-refractivity contribution < 1.29 is 13.7 Å². The van der Waals surface area contributed by atoms with Gasteiger partial charge in [-0.15, -0.1) is 0 Å². The van der Waals surface area contributed by atoms with Gasteiger partial charge in [0, 0.05) is 11.1 Å². The van der Waals surface area contributed by atoms with Crippen molar-refractivity contribution in [3.05, 3.63) is 48.3 Å². The minimum Gasteiger partial charge on any atom is -0.497 e. The third-order valence-corrected chi connectivity index (χ3v) is 3.02. The first-order valence-corrected chi connectivity index (χ1v) is 6.21. The van der Waals surface area contributed by atoms with E-state index in [4.69, 9.17) is 15.0 Å². The fourth-order valence-electron chi connectivity index (χ4n) is 1.86. The quantitative estimate of drug-likeness (QED) is 0.748. The molecule has 0 spiro atoms. The topological polar surface area (TPSA) is 74.2 Å². The van der Waals surface area contributed by atoms with Crippen molar-refractivity contribution in [1.29, 1.82) is 0 Å². The van der Waals surface area contributed by atoms with Gasteiger partial charge in [-0.05, 0) is 42.5 Å². The summed E-state index contributed by atoms with van der Waals surface area (Å²) in [7, 11) is 1.59. The van der Waals surface area contributed by atoms with E-state index in [2.05, 4.69) is 10.1 Å². The van der Waals surface area contributed by atoms with Crippen LogP contribution in [0.25, 0.3) is 22.8 Å². The summed E-state index contributed by atoms with van der Waals surface area (Å²) < 4.78 is 23.7. The number of hydrogen-bond acceptors (Lipinski definition) is 5. The number of methoxy groups -OCH3 is 1. The van der Waals surface area contributed by atoms with Gasteiger partial charge in [0.1, 0.15) is 11.6 Å². The Hall–Kier alpha value is -2.89. The standard InChI is InChI=1S/C15H12FN3O2/c1-20-11-5-2-9(3-6-11)14-18-15(21-19-14)10-4-7-13(17)12(16)8-10/h2-8H,17H2,1H3. The SMILES string of the molecule is COc1ccc(-c2noc(-c3ccc(N)c(F)c3)n2)cc1. The van der Waals surface area contributed by atoms with E-state index >= 15 is 0 Å². The summed E-state index contributed by atoms with van der Waals surface area (Å²) in [5.74, 6) is 0.879. The fourth-order valence-corrected chi connectivity index (χ4v) is 1.86. The molecule has 0 atom stereocenters. The number of benzene rings is 2. The number of anilines is 1. The van der Waals surface area contributed by atoms with Crippen molar-refractivity contribution in [2.75, 3.05) is 12.8 Å². The molecule has 5 nitrogen and oxygen atoms in total. The van der Waals surface area contributed by atoms with Crippen LogP contribution < -0.4 is 10.5 Å². The van der Waals surface area contributed by atoms with Crippen LogP contribution in [0.1, 0.15) is 0 Å². The summed E-state index contributed by atoms with van der Waals surface area (Å²) in [6, 6.07) is 11.6.